The SMILES string of the molecule is CC1(C)C[C@H](O)c2cc(Cc3ccccc3)ccc21. The molecule has 0 unspecified atom stereocenters. The number of aliphatic hydroxyl groups is 1. The molecule has 0 bridgehead atoms. The van der Waals surface area contributed by atoms with Gasteiger partial charge in [0.2, 0.25) is 0 Å². The summed E-state index contributed by atoms with van der Waals surface area (Å²) in [5, 5.41) is 10.2. The summed E-state index contributed by atoms with van der Waals surface area (Å²) >= 11 is 0. The van der Waals surface area contributed by atoms with E-state index in [2.05, 4.69) is 56.3 Å². The molecule has 98 valence electrons. The first-order chi connectivity index (χ1) is 9.06. The second-order valence-electron chi connectivity index (χ2n) is 6.19. The normalized spacial score (nSPS) is 20.3. The molecule has 0 amide bonds. The molecule has 1 heteroatoms. The molecule has 1 nitrogen and oxygen atoms in total. The minimum Gasteiger partial charge on any atom is -0.388 e. The molecular weight excluding hydrogens is 232 g/mol. The number of aliphatic hydroxyl groups excluding tert-OH is 1. The van der Waals surface area contributed by atoms with Gasteiger partial charge in [0.15, 0.2) is 0 Å². The molecule has 0 aliphatic heterocycles. The molecule has 0 spiro atoms. The van der Waals surface area contributed by atoms with Crippen molar-refractivity contribution < 1.29 is 5.11 Å². The summed E-state index contributed by atoms with van der Waals surface area (Å²) in [5.41, 5.74) is 5.12. The largest absolute Gasteiger partial charge is 0.388 e. The van der Waals surface area contributed by atoms with Crippen molar-refractivity contribution in [3.8, 4) is 0 Å². The number of fused-ring (bicyclic) bond motifs is 1. The van der Waals surface area contributed by atoms with Crippen molar-refractivity contribution >= 4 is 0 Å². The Morgan fingerprint density at radius 1 is 1.05 bits per heavy atom. The molecule has 1 atom stereocenters. The van der Waals surface area contributed by atoms with Gasteiger partial charge < -0.3 is 5.11 Å². The predicted octanol–water partition coefficient (Wildman–Crippen LogP) is 3.99. The molecule has 0 heterocycles. The Morgan fingerprint density at radius 3 is 2.53 bits per heavy atom. The van der Waals surface area contributed by atoms with Gasteiger partial charge in [-0.1, -0.05) is 62.4 Å². The van der Waals surface area contributed by atoms with E-state index >= 15 is 0 Å². The molecule has 2 aromatic rings. The lowest BCUT2D eigenvalue weighted by molar-refractivity contribution is 0.161. The van der Waals surface area contributed by atoms with Gasteiger partial charge in [-0.15, -0.1) is 0 Å². The van der Waals surface area contributed by atoms with E-state index in [0.717, 1.165) is 18.4 Å². The van der Waals surface area contributed by atoms with E-state index in [1.165, 1.54) is 16.7 Å². The van der Waals surface area contributed by atoms with Gasteiger partial charge >= 0.3 is 0 Å². The summed E-state index contributed by atoms with van der Waals surface area (Å²) in [4.78, 5) is 0. The van der Waals surface area contributed by atoms with Gasteiger partial charge in [-0.25, -0.2) is 0 Å². The fourth-order valence-corrected chi connectivity index (χ4v) is 3.15. The van der Waals surface area contributed by atoms with Crippen LogP contribution in [0.3, 0.4) is 0 Å². The van der Waals surface area contributed by atoms with E-state index in [1.54, 1.807) is 0 Å². The lowest BCUT2D eigenvalue weighted by Gasteiger charge is -2.18. The van der Waals surface area contributed by atoms with Crippen LogP contribution in [0, 0.1) is 0 Å². The van der Waals surface area contributed by atoms with Gasteiger partial charge in [-0.3, -0.25) is 0 Å². The first-order valence-electron chi connectivity index (χ1n) is 6.91. The Labute approximate surface area is 114 Å². The standard InChI is InChI=1S/C18H20O/c1-18(2)12-17(19)15-11-14(8-9-16(15)18)10-13-6-4-3-5-7-13/h3-9,11,17,19H,10,12H2,1-2H3/t17-/m0/s1. The summed E-state index contributed by atoms with van der Waals surface area (Å²) in [7, 11) is 0. The maximum Gasteiger partial charge on any atom is 0.0801 e. The lowest BCUT2D eigenvalue weighted by Crippen LogP contribution is -2.12. The summed E-state index contributed by atoms with van der Waals surface area (Å²) < 4.78 is 0. The van der Waals surface area contributed by atoms with Crippen LogP contribution in [-0.4, -0.2) is 5.11 Å². The third-order valence-electron chi connectivity index (χ3n) is 4.16. The molecule has 2 aromatic carbocycles. The van der Waals surface area contributed by atoms with Crippen molar-refractivity contribution in [3.05, 3.63) is 70.8 Å². The van der Waals surface area contributed by atoms with E-state index in [9.17, 15) is 5.11 Å². The van der Waals surface area contributed by atoms with Crippen molar-refractivity contribution in [2.45, 2.75) is 38.2 Å². The highest BCUT2D eigenvalue weighted by Crippen LogP contribution is 2.44. The smallest absolute Gasteiger partial charge is 0.0801 e. The van der Waals surface area contributed by atoms with Gasteiger partial charge in [-0.05, 0) is 40.5 Å². The molecule has 0 radical (unpaired) electrons. The van der Waals surface area contributed by atoms with Crippen LogP contribution in [0.1, 0.15) is 48.6 Å². The van der Waals surface area contributed by atoms with Crippen molar-refractivity contribution in [2.24, 2.45) is 0 Å². The molecule has 0 saturated heterocycles. The number of hydrogen-bond donors (Lipinski definition) is 1. The molecule has 0 aromatic heterocycles. The zero-order chi connectivity index (χ0) is 13.5. The molecule has 19 heavy (non-hydrogen) atoms. The minimum atomic E-state index is -0.305. The van der Waals surface area contributed by atoms with Gasteiger partial charge in [0.05, 0.1) is 6.10 Å². The van der Waals surface area contributed by atoms with Crippen LogP contribution in [0.15, 0.2) is 48.5 Å². The summed E-state index contributed by atoms with van der Waals surface area (Å²) in [6.07, 6.45) is 1.46. The van der Waals surface area contributed by atoms with Crippen LogP contribution >= 0.6 is 0 Å². The molecule has 1 aliphatic rings. The van der Waals surface area contributed by atoms with Gasteiger partial charge in [0, 0.05) is 0 Å². The lowest BCUT2D eigenvalue weighted by atomic mass is 9.86. The molecule has 1 N–H and O–H groups in total. The summed E-state index contributed by atoms with van der Waals surface area (Å²) in [5.74, 6) is 0. The summed E-state index contributed by atoms with van der Waals surface area (Å²) in [6, 6.07) is 17.1. The molecule has 1 aliphatic carbocycles. The Balaban J connectivity index is 1.93. The monoisotopic (exact) mass is 252 g/mol. The number of rotatable bonds is 2. The quantitative estimate of drug-likeness (QED) is 0.856. The highest BCUT2D eigenvalue weighted by molar-refractivity contribution is 5.43. The highest BCUT2D eigenvalue weighted by Gasteiger charge is 2.35. The first kappa shape index (κ1) is 12.4. The van der Waals surface area contributed by atoms with E-state index in [-0.39, 0.29) is 11.5 Å². The molecule has 0 fully saturated rings. The number of benzene rings is 2. The predicted molar refractivity (Wildman–Crippen MR) is 78.3 cm³/mol. The van der Waals surface area contributed by atoms with E-state index in [1.807, 2.05) is 6.07 Å². The van der Waals surface area contributed by atoms with Gasteiger partial charge in [0.1, 0.15) is 0 Å². The average Bonchev–Trinajstić information content (AvgIpc) is 2.61. The van der Waals surface area contributed by atoms with Crippen LogP contribution in [0.25, 0.3) is 0 Å². The second kappa shape index (κ2) is 4.50. The average molecular weight is 252 g/mol. The maximum atomic E-state index is 10.2. The van der Waals surface area contributed by atoms with Crippen LogP contribution < -0.4 is 0 Å². The van der Waals surface area contributed by atoms with E-state index in [0.29, 0.717) is 0 Å². The van der Waals surface area contributed by atoms with Crippen LogP contribution in [0.2, 0.25) is 0 Å². The van der Waals surface area contributed by atoms with Crippen molar-refractivity contribution in [2.75, 3.05) is 0 Å². The van der Waals surface area contributed by atoms with Gasteiger partial charge in [-0.2, -0.15) is 0 Å². The van der Waals surface area contributed by atoms with E-state index in [4.69, 9.17) is 0 Å². The van der Waals surface area contributed by atoms with Crippen molar-refractivity contribution in [3.63, 3.8) is 0 Å². The Morgan fingerprint density at radius 2 is 1.79 bits per heavy atom. The third-order valence-corrected chi connectivity index (χ3v) is 4.16. The summed E-state index contributed by atoms with van der Waals surface area (Å²) in [6.45, 7) is 4.41. The molecule has 3 rings (SSSR count). The van der Waals surface area contributed by atoms with Crippen molar-refractivity contribution in [1.29, 1.82) is 0 Å². The number of hydrogen-bond acceptors (Lipinski definition) is 1. The van der Waals surface area contributed by atoms with Crippen LogP contribution in [-0.2, 0) is 11.8 Å². The minimum absolute atomic E-state index is 0.0972. The first-order valence-corrected chi connectivity index (χ1v) is 6.91. The zero-order valence-corrected chi connectivity index (χ0v) is 11.6. The maximum absolute atomic E-state index is 10.2. The topological polar surface area (TPSA) is 20.2 Å². The highest BCUT2D eigenvalue weighted by atomic mass is 16.3. The Kier molecular flexibility index (Phi) is 2.94. The fraction of sp³-hybridized carbons (Fsp3) is 0.333. The Hall–Kier alpha value is -1.60. The fourth-order valence-electron chi connectivity index (χ4n) is 3.15. The van der Waals surface area contributed by atoms with Crippen LogP contribution in [0.5, 0.6) is 0 Å². The van der Waals surface area contributed by atoms with Crippen LogP contribution in [0.4, 0.5) is 0 Å². The van der Waals surface area contributed by atoms with Crippen molar-refractivity contribution in [1.82, 2.24) is 0 Å². The zero-order valence-electron chi connectivity index (χ0n) is 11.6. The van der Waals surface area contributed by atoms with Gasteiger partial charge in [0.25, 0.3) is 0 Å². The third kappa shape index (κ3) is 2.31. The molecule has 0 saturated carbocycles. The van der Waals surface area contributed by atoms with E-state index < -0.39 is 0 Å². The second-order valence-corrected chi connectivity index (χ2v) is 6.19. The Bertz CT molecular complexity index is 584. The molecular formula is C18H20O.